The molecule has 1 heterocycles. The summed E-state index contributed by atoms with van der Waals surface area (Å²) in [7, 11) is 0. The summed E-state index contributed by atoms with van der Waals surface area (Å²) >= 11 is 0. The molecule has 0 spiro atoms. The highest BCUT2D eigenvalue weighted by molar-refractivity contribution is 5.92. The van der Waals surface area contributed by atoms with E-state index in [2.05, 4.69) is 31.3 Å². The summed E-state index contributed by atoms with van der Waals surface area (Å²) in [6.07, 6.45) is 1.76. The first-order valence-corrected chi connectivity index (χ1v) is 7.99. The van der Waals surface area contributed by atoms with E-state index in [0.29, 0.717) is 6.42 Å². The zero-order chi connectivity index (χ0) is 16.2. The van der Waals surface area contributed by atoms with Gasteiger partial charge in [-0.1, -0.05) is 51.1 Å². The van der Waals surface area contributed by atoms with Gasteiger partial charge in [-0.15, -0.1) is 0 Å². The molecule has 22 heavy (non-hydrogen) atoms. The zero-order valence-corrected chi connectivity index (χ0v) is 13.6. The van der Waals surface area contributed by atoms with E-state index < -0.39 is 6.04 Å². The van der Waals surface area contributed by atoms with Gasteiger partial charge < -0.3 is 10.1 Å². The molecule has 1 aromatic carbocycles. The molecule has 4 nitrogen and oxygen atoms in total. The van der Waals surface area contributed by atoms with Gasteiger partial charge in [0.2, 0.25) is 5.91 Å². The molecule has 2 rings (SSSR count). The number of rotatable bonds is 6. The predicted octanol–water partition coefficient (Wildman–Crippen LogP) is 2.61. The maximum absolute atomic E-state index is 12.4. The van der Waals surface area contributed by atoms with Crippen LogP contribution >= 0.6 is 0 Å². The van der Waals surface area contributed by atoms with Crippen molar-refractivity contribution in [3.63, 3.8) is 0 Å². The second kappa shape index (κ2) is 7.05. The van der Waals surface area contributed by atoms with Crippen molar-refractivity contribution >= 4 is 11.7 Å². The molecule has 1 aliphatic rings. The highest BCUT2D eigenvalue weighted by Gasteiger charge is 2.37. The Balaban J connectivity index is 2.05. The number of carbonyl (C=O) groups is 2. The lowest BCUT2D eigenvalue weighted by atomic mass is 9.77. The van der Waals surface area contributed by atoms with E-state index in [1.807, 2.05) is 25.1 Å². The van der Waals surface area contributed by atoms with Crippen molar-refractivity contribution in [2.24, 2.45) is 0 Å². The van der Waals surface area contributed by atoms with Crippen molar-refractivity contribution in [1.29, 1.82) is 0 Å². The van der Waals surface area contributed by atoms with E-state index in [9.17, 15) is 9.59 Å². The molecule has 1 aliphatic heterocycles. The van der Waals surface area contributed by atoms with Crippen LogP contribution in [0.4, 0.5) is 0 Å². The Morgan fingerprint density at radius 3 is 2.59 bits per heavy atom. The minimum Gasteiger partial charge on any atom is -0.368 e. The third kappa shape index (κ3) is 3.55. The van der Waals surface area contributed by atoms with Crippen LogP contribution in [0.1, 0.15) is 45.6 Å². The average molecular weight is 303 g/mol. The van der Waals surface area contributed by atoms with E-state index in [1.54, 1.807) is 0 Å². The standard InChI is InChI=1S/C18H25NO3/c1-4-15-17(14(20)12-22-15)19-16(21)11-18(3,5-2)13-9-7-6-8-10-13/h6-10,15,17H,4-5,11-12H2,1-3H3,(H,19,21). The fourth-order valence-corrected chi connectivity index (χ4v) is 2.96. The molecule has 4 heteroatoms. The van der Waals surface area contributed by atoms with Crippen molar-refractivity contribution in [1.82, 2.24) is 5.32 Å². The molecular weight excluding hydrogens is 278 g/mol. The lowest BCUT2D eigenvalue weighted by molar-refractivity contribution is -0.127. The van der Waals surface area contributed by atoms with Crippen molar-refractivity contribution in [2.75, 3.05) is 6.61 Å². The summed E-state index contributed by atoms with van der Waals surface area (Å²) < 4.78 is 5.40. The van der Waals surface area contributed by atoms with Gasteiger partial charge in [0.15, 0.2) is 5.78 Å². The van der Waals surface area contributed by atoms with Gasteiger partial charge in [0, 0.05) is 11.8 Å². The van der Waals surface area contributed by atoms with E-state index in [1.165, 1.54) is 0 Å². The minimum absolute atomic E-state index is 0.0295. The second-order valence-electron chi connectivity index (χ2n) is 6.23. The Bertz CT molecular complexity index is 528. The fourth-order valence-electron chi connectivity index (χ4n) is 2.96. The molecule has 0 saturated carbocycles. The summed E-state index contributed by atoms with van der Waals surface area (Å²) in [5, 5.41) is 2.88. The zero-order valence-electron chi connectivity index (χ0n) is 13.6. The maximum Gasteiger partial charge on any atom is 0.221 e. The van der Waals surface area contributed by atoms with Gasteiger partial charge in [-0.3, -0.25) is 9.59 Å². The Labute approximate surface area is 132 Å². The van der Waals surface area contributed by atoms with Crippen molar-refractivity contribution in [2.45, 2.75) is 57.6 Å². The molecule has 0 bridgehead atoms. The van der Waals surface area contributed by atoms with Crippen LogP contribution in [0.25, 0.3) is 0 Å². The number of hydrogen-bond acceptors (Lipinski definition) is 3. The molecule has 3 atom stereocenters. The summed E-state index contributed by atoms with van der Waals surface area (Å²) in [6, 6.07) is 9.56. The lowest BCUT2D eigenvalue weighted by Gasteiger charge is -2.29. The molecular formula is C18H25NO3. The van der Waals surface area contributed by atoms with Gasteiger partial charge in [0.05, 0.1) is 6.10 Å². The Hall–Kier alpha value is -1.68. The normalized spacial score (nSPS) is 24.0. The number of ketones is 1. The number of ether oxygens (including phenoxy) is 1. The number of benzene rings is 1. The van der Waals surface area contributed by atoms with Gasteiger partial charge in [-0.25, -0.2) is 0 Å². The molecule has 120 valence electrons. The number of hydrogen-bond donors (Lipinski definition) is 1. The molecule has 0 aliphatic carbocycles. The molecule has 1 fully saturated rings. The van der Waals surface area contributed by atoms with Crippen LogP contribution in [0.15, 0.2) is 30.3 Å². The van der Waals surface area contributed by atoms with Crippen LogP contribution in [-0.2, 0) is 19.7 Å². The van der Waals surface area contributed by atoms with Crippen LogP contribution in [0.2, 0.25) is 0 Å². The van der Waals surface area contributed by atoms with Crippen LogP contribution in [-0.4, -0.2) is 30.4 Å². The molecule has 3 unspecified atom stereocenters. The van der Waals surface area contributed by atoms with Crippen molar-refractivity contribution in [3.05, 3.63) is 35.9 Å². The van der Waals surface area contributed by atoms with Gasteiger partial charge in [-0.2, -0.15) is 0 Å². The van der Waals surface area contributed by atoms with Crippen molar-refractivity contribution in [3.8, 4) is 0 Å². The predicted molar refractivity (Wildman–Crippen MR) is 85.7 cm³/mol. The van der Waals surface area contributed by atoms with Gasteiger partial charge in [0.25, 0.3) is 0 Å². The highest BCUT2D eigenvalue weighted by atomic mass is 16.5. The summed E-state index contributed by atoms with van der Waals surface area (Å²) in [6.45, 7) is 6.24. The topological polar surface area (TPSA) is 55.4 Å². The first-order valence-electron chi connectivity index (χ1n) is 7.99. The number of carbonyl (C=O) groups excluding carboxylic acids is 2. The Morgan fingerprint density at radius 1 is 1.32 bits per heavy atom. The van der Waals surface area contributed by atoms with Crippen LogP contribution in [0, 0.1) is 0 Å². The lowest BCUT2D eigenvalue weighted by Crippen LogP contribution is -2.46. The Kier molecular flexibility index (Phi) is 5.35. The first kappa shape index (κ1) is 16.7. The molecule has 1 amide bonds. The fraction of sp³-hybridized carbons (Fsp3) is 0.556. The van der Waals surface area contributed by atoms with Gasteiger partial charge in [-0.05, 0) is 18.4 Å². The van der Waals surface area contributed by atoms with E-state index in [-0.39, 0.29) is 29.8 Å². The largest absolute Gasteiger partial charge is 0.368 e. The summed E-state index contributed by atoms with van der Waals surface area (Å²) in [5.41, 5.74) is 0.920. The number of amides is 1. The van der Waals surface area contributed by atoms with E-state index in [4.69, 9.17) is 4.74 Å². The monoisotopic (exact) mass is 303 g/mol. The summed E-state index contributed by atoms with van der Waals surface area (Å²) in [5.74, 6) is -0.117. The molecule has 1 aromatic rings. The molecule has 0 aromatic heterocycles. The van der Waals surface area contributed by atoms with E-state index >= 15 is 0 Å². The Morgan fingerprint density at radius 2 is 2.00 bits per heavy atom. The van der Waals surface area contributed by atoms with Gasteiger partial charge >= 0.3 is 0 Å². The average Bonchev–Trinajstić information content (AvgIpc) is 2.88. The SMILES string of the molecule is CCC1OCC(=O)C1NC(=O)CC(C)(CC)c1ccccc1. The van der Waals surface area contributed by atoms with Crippen LogP contribution in [0.3, 0.4) is 0 Å². The first-order chi connectivity index (χ1) is 10.5. The maximum atomic E-state index is 12.4. The number of Topliss-reactive ketones (excluding diaryl/α,β-unsaturated/α-hetero) is 1. The van der Waals surface area contributed by atoms with Gasteiger partial charge in [0.1, 0.15) is 12.6 Å². The quantitative estimate of drug-likeness (QED) is 0.879. The smallest absolute Gasteiger partial charge is 0.221 e. The minimum atomic E-state index is -0.491. The summed E-state index contributed by atoms with van der Waals surface area (Å²) in [4.78, 5) is 24.3. The van der Waals surface area contributed by atoms with E-state index in [0.717, 1.165) is 18.4 Å². The number of nitrogens with one attached hydrogen (secondary N) is 1. The molecule has 0 radical (unpaired) electrons. The second-order valence-corrected chi connectivity index (χ2v) is 6.23. The third-order valence-corrected chi connectivity index (χ3v) is 4.68. The van der Waals surface area contributed by atoms with Crippen molar-refractivity contribution < 1.29 is 14.3 Å². The third-order valence-electron chi connectivity index (χ3n) is 4.68. The van der Waals surface area contributed by atoms with Crippen LogP contribution < -0.4 is 5.32 Å². The molecule has 1 N–H and O–H groups in total. The molecule has 1 saturated heterocycles. The van der Waals surface area contributed by atoms with Crippen LogP contribution in [0.5, 0.6) is 0 Å². The highest BCUT2D eigenvalue weighted by Crippen LogP contribution is 2.31.